The first-order valence-corrected chi connectivity index (χ1v) is 10.9. The number of nitrogens with zero attached hydrogens (tertiary/aromatic N) is 1. The lowest BCUT2D eigenvalue weighted by atomic mass is 10.2. The van der Waals surface area contributed by atoms with Crippen LogP contribution in [0.1, 0.15) is 15.9 Å². The Morgan fingerprint density at radius 1 is 0.912 bits per heavy atom. The fourth-order valence-electron chi connectivity index (χ4n) is 3.15. The molecule has 3 aromatic carbocycles. The molecule has 0 aromatic heterocycles. The number of nitrogens with one attached hydrogen (secondary N) is 1. The van der Waals surface area contributed by atoms with Crippen LogP contribution in [0.4, 0.5) is 15.8 Å². The summed E-state index contributed by atoms with van der Waals surface area (Å²) in [4.78, 5) is 38.6. The van der Waals surface area contributed by atoms with Crippen LogP contribution in [0.3, 0.4) is 0 Å². The first-order valence-electron chi connectivity index (χ1n) is 9.74. The Morgan fingerprint density at radius 2 is 1.62 bits per heavy atom. The van der Waals surface area contributed by atoms with Crippen molar-refractivity contribution in [2.45, 2.75) is 6.92 Å². The van der Waals surface area contributed by atoms with Crippen LogP contribution in [0.15, 0.2) is 71.4 Å². The van der Waals surface area contributed by atoms with E-state index in [2.05, 4.69) is 5.32 Å². The van der Waals surface area contributed by atoms with Gasteiger partial charge in [0.1, 0.15) is 22.3 Å². The number of aryl methyl sites for hydroxylation is 1. The number of rotatable bonds is 5. The van der Waals surface area contributed by atoms with Crippen molar-refractivity contribution in [3.8, 4) is 5.75 Å². The second-order valence-electron chi connectivity index (χ2n) is 7.24. The van der Waals surface area contributed by atoms with Gasteiger partial charge in [-0.15, -0.1) is 0 Å². The molecule has 0 atom stereocenters. The van der Waals surface area contributed by atoms with Gasteiger partial charge in [-0.1, -0.05) is 34.8 Å². The molecule has 0 fully saturated rings. The molecule has 10 heteroatoms. The number of anilines is 2. The standard InChI is InChI=1S/C24H14Cl3FN2O4/c1-12-10-16(7-8-17(12)25)34-24(33)13-2-4-14(5-3-13)29-21-20(27)22(31)30(23(21)32)15-6-9-19(28)18(26)11-15/h2-11,29H,1H3. The van der Waals surface area contributed by atoms with E-state index in [1.54, 1.807) is 25.1 Å². The third-order valence-electron chi connectivity index (χ3n) is 4.92. The summed E-state index contributed by atoms with van der Waals surface area (Å²) in [7, 11) is 0. The van der Waals surface area contributed by atoms with Crippen LogP contribution in [0, 0.1) is 12.7 Å². The minimum atomic E-state index is -0.782. The zero-order chi connectivity index (χ0) is 24.6. The molecule has 172 valence electrons. The van der Waals surface area contributed by atoms with Crippen LogP contribution >= 0.6 is 34.8 Å². The zero-order valence-corrected chi connectivity index (χ0v) is 19.6. The normalized spacial score (nSPS) is 13.5. The van der Waals surface area contributed by atoms with E-state index in [-0.39, 0.29) is 27.0 Å². The van der Waals surface area contributed by atoms with Crippen LogP contribution in [0.5, 0.6) is 5.75 Å². The van der Waals surface area contributed by atoms with Gasteiger partial charge in [0.15, 0.2) is 0 Å². The minimum absolute atomic E-state index is 0.0758. The van der Waals surface area contributed by atoms with Gasteiger partial charge in [0.25, 0.3) is 11.8 Å². The SMILES string of the molecule is Cc1cc(OC(=O)c2ccc(NC3=C(Cl)C(=O)N(c4ccc(F)c(Cl)c4)C3=O)cc2)ccc1Cl. The smallest absolute Gasteiger partial charge is 0.343 e. The molecule has 0 unspecified atom stereocenters. The zero-order valence-electron chi connectivity index (χ0n) is 17.4. The minimum Gasteiger partial charge on any atom is -0.423 e. The van der Waals surface area contributed by atoms with Gasteiger partial charge >= 0.3 is 5.97 Å². The van der Waals surface area contributed by atoms with Crippen molar-refractivity contribution in [1.29, 1.82) is 0 Å². The molecule has 2 amide bonds. The van der Waals surface area contributed by atoms with Crippen LogP contribution in [-0.4, -0.2) is 17.8 Å². The molecule has 0 aliphatic carbocycles. The van der Waals surface area contributed by atoms with Crippen molar-refractivity contribution in [2.24, 2.45) is 0 Å². The summed E-state index contributed by atoms with van der Waals surface area (Å²) in [5, 5.41) is 2.76. The largest absolute Gasteiger partial charge is 0.423 e. The fourth-order valence-corrected chi connectivity index (χ4v) is 3.66. The maximum absolute atomic E-state index is 13.5. The van der Waals surface area contributed by atoms with Crippen molar-refractivity contribution in [1.82, 2.24) is 0 Å². The molecule has 0 radical (unpaired) electrons. The first kappa shape index (κ1) is 23.8. The van der Waals surface area contributed by atoms with Gasteiger partial charge in [-0.25, -0.2) is 14.1 Å². The summed E-state index contributed by atoms with van der Waals surface area (Å²) >= 11 is 17.8. The quantitative estimate of drug-likeness (QED) is 0.251. The van der Waals surface area contributed by atoms with Crippen LogP contribution in [0.25, 0.3) is 0 Å². The van der Waals surface area contributed by atoms with Gasteiger partial charge < -0.3 is 10.1 Å². The number of hydrogen-bond donors (Lipinski definition) is 1. The molecule has 34 heavy (non-hydrogen) atoms. The van der Waals surface area contributed by atoms with E-state index >= 15 is 0 Å². The molecule has 1 aliphatic rings. The number of esters is 1. The van der Waals surface area contributed by atoms with E-state index in [4.69, 9.17) is 39.5 Å². The van der Waals surface area contributed by atoms with Gasteiger partial charge in [-0.3, -0.25) is 9.59 Å². The summed E-state index contributed by atoms with van der Waals surface area (Å²) in [6, 6.07) is 14.3. The van der Waals surface area contributed by atoms with Crippen molar-refractivity contribution >= 4 is 64.0 Å². The Bertz CT molecular complexity index is 1370. The maximum Gasteiger partial charge on any atom is 0.343 e. The van der Waals surface area contributed by atoms with Crippen LogP contribution in [0.2, 0.25) is 10.0 Å². The average Bonchev–Trinajstić information content (AvgIpc) is 3.02. The van der Waals surface area contributed by atoms with E-state index in [0.29, 0.717) is 16.5 Å². The molecule has 1 N–H and O–H groups in total. The van der Waals surface area contributed by atoms with Crippen molar-refractivity contribution in [3.63, 3.8) is 0 Å². The fraction of sp³-hybridized carbons (Fsp3) is 0.0417. The summed E-state index contributed by atoms with van der Waals surface area (Å²) in [6.07, 6.45) is 0. The number of carbonyl (C=O) groups is 3. The third kappa shape index (κ3) is 4.63. The van der Waals surface area contributed by atoms with Crippen molar-refractivity contribution < 1.29 is 23.5 Å². The number of hydrogen-bond acceptors (Lipinski definition) is 5. The Balaban J connectivity index is 1.48. The highest BCUT2D eigenvalue weighted by Gasteiger charge is 2.39. The van der Waals surface area contributed by atoms with Crippen molar-refractivity contribution in [2.75, 3.05) is 10.2 Å². The van der Waals surface area contributed by atoms with E-state index in [1.165, 1.54) is 30.3 Å². The number of halogens is 4. The lowest BCUT2D eigenvalue weighted by Crippen LogP contribution is -2.32. The lowest BCUT2D eigenvalue weighted by Gasteiger charge is -2.15. The van der Waals surface area contributed by atoms with Gasteiger partial charge in [0.2, 0.25) is 0 Å². The Hall–Kier alpha value is -3.39. The molecule has 0 saturated carbocycles. The molecule has 0 bridgehead atoms. The second-order valence-corrected chi connectivity index (χ2v) is 8.43. The topological polar surface area (TPSA) is 75.7 Å². The van der Waals surface area contributed by atoms with Crippen molar-refractivity contribution in [3.05, 3.63) is 98.4 Å². The number of imide groups is 1. The lowest BCUT2D eigenvalue weighted by molar-refractivity contribution is -0.120. The summed E-state index contributed by atoms with van der Waals surface area (Å²) in [5.41, 5.74) is 1.33. The Morgan fingerprint density at radius 3 is 2.26 bits per heavy atom. The van der Waals surface area contributed by atoms with E-state index in [0.717, 1.165) is 22.6 Å². The van der Waals surface area contributed by atoms with Gasteiger partial charge in [0, 0.05) is 10.7 Å². The molecular weight excluding hydrogens is 506 g/mol. The molecule has 3 aromatic rings. The maximum atomic E-state index is 13.5. The Kier molecular flexibility index (Phi) is 6.61. The molecule has 1 heterocycles. The second kappa shape index (κ2) is 9.46. The highest BCUT2D eigenvalue weighted by Crippen LogP contribution is 2.32. The van der Waals surface area contributed by atoms with E-state index < -0.39 is 23.6 Å². The number of carbonyl (C=O) groups excluding carboxylic acids is 3. The number of benzene rings is 3. The molecule has 0 spiro atoms. The monoisotopic (exact) mass is 518 g/mol. The number of amides is 2. The predicted molar refractivity (Wildman–Crippen MR) is 128 cm³/mol. The summed E-state index contributed by atoms with van der Waals surface area (Å²) in [5.74, 6) is -2.44. The molecule has 0 saturated heterocycles. The van der Waals surface area contributed by atoms with Crippen LogP contribution < -0.4 is 15.0 Å². The summed E-state index contributed by atoms with van der Waals surface area (Å²) in [6.45, 7) is 1.79. The Labute approximate surface area is 208 Å². The molecule has 4 rings (SSSR count). The average molecular weight is 520 g/mol. The number of ether oxygens (including phenoxy) is 1. The highest BCUT2D eigenvalue weighted by molar-refractivity contribution is 6.53. The molecule has 1 aliphatic heterocycles. The van der Waals surface area contributed by atoms with Gasteiger partial charge in [-0.05, 0) is 73.2 Å². The summed E-state index contributed by atoms with van der Waals surface area (Å²) < 4.78 is 18.8. The van der Waals surface area contributed by atoms with E-state index in [9.17, 15) is 18.8 Å². The highest BCUT2D eigenvalue weighted by atomic mass is 35.5. The predicted octanol–water partition coefficient (Wildman–Crippen LogP) is 6.10. The van der Waals surface area contributed by atoms with Crippen LogP contribution in [-0.2, 0) is 9.59 Å². The molecule has 6 nitrogen and oxygen atoms in total. The molecular formula is C24H14Cl3FN2O4. The third-order valence-corrected chi connectivity index (χ3v) is 5.98. The van der Waals surface area contributed by atoms with E-state index in [1.807, 2.05) is 0 Å². The van der Waals surface area contributed by atoms with Gasteiger partial charge in [-0.2, -0.15) is 0 Å². The van der Waals surface area contributed by atoms with Gasteiger partial charge in [0.05, 0.1) is 16.3 Å². The first-order chi connectivity index (χ1) is 16.2.